The Morgan fingerprint density at radius 1 is 1.22 bits per heavy atom. The average molecular weight is 393 g/mol. The zero-order valence-corrected chi connectivity index (χ0v) is 15.9. The van der Waals surface area contributed by atoms with Crippen LogP contribution in [0.4, 0.5) is 4.39 Å². The summed E-state index contributed by atoms with van der Waals surface area (Å²) in [6.45, 7) is 1.74. The molecule has 2 rings (SSSR count). The van der Waals surface area contributed by atoms with Crippen molar-refractivity contribution in [3.8, 4) is 5.75 Å². The van der Waals surface area contributed by atoms with Crippen LogP contribution in [-0.2, 0) is 10.0 Å². The van der Waals surface area contributed by atoms with E-state index in [2.05, 4.69) is 10.5 Å². The Hall–Kier alpha value is -2.78. The van der Waals surface area contributed by atoms with Crippen molar-refractivity contribution < 1.29 is 22.7 Å². The number of sulfonamides is 1. The molecule has 0 spiro atoms. The number of carbonyl (C=O) groups is 1. The fraction of sp³-hybridized carbons (Fsp3) is 0.222. The molecule has 0 heterocycles. The van der Waals surface area contributed by atoms with E-state index in [4.69, 9.17) is 0 Å². The van der Waals surface area contributed by atoms with Gasteiger partial charge in [0, 0.05) is 25.2 Å². The molecule has 1 amide bonds. The number of nitrogens with zero attached hydrogens (tertiary/aromatic N) is 2. The predicted molar refractivity (Wildman–Crippen MR) is 99.7 cm³/mol. The molecule has 27 heavy (non-hydrogen) atoms. The Labute approximate surface area is 157 Å². The van der Waals surface area contributed by atoms with E-state index in [9.17, 15) is 22.7 Å². The Balaban J connectivity index is 2.29. The molecule has 0 radical (unpaired) electrons. The number of benzene rings is 2. The maximum atomic E-state index is 13.4. The molecular formula is C18H20FN3O4S. The smallest absolute Gasteiger partial charge is 0.271 e. The van der Waals surface area contributed by atoms with Crippen molar-refractivity contribution in [3.63, 3.8) is 0 Å². The van der Waals surface area contributed by atoms with Gasteiger partial charge < -0.3 is 5.11 Å². The highest BCUT2D eigenvalue weighted by molar-refractivity contribution is 7.89. The fourth-order valence-electron chi connectivity index (χ4n) is 2.26. The average Bonchev–Trinajstić information content (AvgIpc) is 2.64. The zero-order valence-electron chi connectivity index (χ0n) is 15.1. The second-order valence-corrected chi connectivity index (χ2v) is 7.98. The first kappa shape index (κ1) is 20.5. The molecule has 0 saturated carbocycles. The van der Waals surface area contributed by atoms with Gasteiger partial charge in [-0.2, -0.15) is 5.10 Å². The molecule has 0 aromatic heterocycles. The van der Waals surface area contributed by atoms with Crippen LogP contribution in [0.25, 0.3) is 0 Å². The van der Waals surface area contributed by atoms with Crippen molar-refractivity contribution in [2.75, 3.05) is 14.1 Å². The lowest BCUT2D eigenvalue weighted by molar-refractivity contribution is 0.0954. The van der Waals surface area contributed by atoms with Gasteiger partial charge in [-0.15, -0.1) is 0 Å². The van der Waals surface area contributed by atoms with Gasteiger partial charge in [0.25, 0.3) is 5.91 Å². The number of hydrogen-bond acceptors (Lipinski definition) is 5. The molecule has 0 saturated heterocycles. The number of hydrogen-bond donors (Lipinski definition) is 2. The van der Waals surface area contributed by atoms with E-state index in [1.54, 1.807) is 6.92 Å². The molecular weight excluding hydrogens is 373 g/mol. The van der Waals surface area contributed by atoms with E-state index in [0.29, 0.717) is 6.42 Å². The molecule has 0 bridgehead atoms. The van der Waals surface area contributed by atoms with Crippen LogP contribution in [0.15, 0.2) is 52.5 Å². The van der Waals surface area contributed by atoms with Gasteiger partial charge in [-0.1, -0.05) is 13.0 Å². The first-order chi connectivity index (χ1) is 12.7. The number of phenolic OH excluding ortho intramolecular Hbond substituents is 1. The highest BCUT2D eigenvalue weighted by Gasteiger charge is 2.19. The number of amides is 1. The van der Waals surface area contributed by atoms with Gasteiger partial charge in [-0.3, -0.25) is 4.79 Å². The van der Waals surface area contributed by atoms with E-state index < -0.39 is 21.7 Å². The van der Waals surface area contributed by atoms with Gasteiger partial charge >= 0.3 is 0 Å². The minimum Gasteiger partial charge on any atom is -0.507 e. The molecule has 0 aliphatic carbocycles. The standard InChI is InChI=1S/C18H20FN3O4S/c1-4-16(15-11-13(19)8-9-17(15)23)20-21-18(24)12-6-5-7-14(10-12)27(25,26)22(2)3/h5-11,23H,4H2,1-3H3,(H,21,24)/b20-16+. The first-order valence-corrected chi connectivity index (χ1v) is 9.49. The van der Waals surface area contributed by atoms with Crippen LogP contribution < -0.4 is 5.43 Å². The molecule has 0 aliphatic heterocycles. The van der Waals surface area contributed by atoms with E-state index in [1.165, 1.54) is 44.4 Å². The van der Waals surface area contributed by atoms with Crippen molar-refractivity contribution in [2.24, 2.45) is 5.10 Å². The summed E-state index contributed by atoms with van der Waals surface area (Å²) >= 11 is 0. The fourth-order valence-corrected chi connectivity index (χ4v) is 3.21. The van der Waals surface area contributed by atoms with Crippen LogP contribution in [0.1, 0.15) is 29.3 Å². The normalized spacial score (nSPS) is 12.3. The second-order valence-electron chi connectivity index (χ2n) is 5.83. The summed E-state index contributed by atoms with van der Waals surface area (Å²) in [6, 6.07) is 8.96. The second kappa shape index (κ2) is 8.28. The summed E-state index contributed by atoms with van der Waals surface area (Å²) in [5.41, 5.74) is 2.85. The van der Waals surface area contributed by atoms with Crippen LogP contribution in [-0.4, -0.2) is 43.5 Å². The quantitative estimate of drug-likeness (QED) is 0.581. The van der Waals surface area contributed by atoms with Gasteiger partial charge in [0.05, 0.1) is 10.6 Å². The third kappa shape index (κ3) is 4.69. The Morgan fingerprint density at radius 2 is 1.93 bits per heavy atom. The van der Waals surface area contributed by atoms with E-state index in [1.807, 2.05) is 0 Å². The molecule has 0 unspecified atom stereocenters. The maximum absolute atomic E-state index is 13.4. The molecule has 0 atom stereocenters. The summed E-state index contributed by atoms with van der Waals surface area (Å²) < 4.78 is 38.8. The van der Waals surface area contributed by atoms with Gasteiger partial charge in [-0.25, -0.2) is 22.5 Å². The third-order valence-corrected chi connectivity index (χ3v) is 5.58. The molecule has 0 fully saturated rings. The van der Waals surface area contributed by atoms with Crippen molar-refractivity contribution >= 4 is 21.6 Å². The summed E-state index contributed by atoms with van der Waals surface area (Å²) in [6.07, 6.45) is 0.326. The van der Waals surface area contributed by atoms with Crippen LogP contribution in [0, 0.1) is 5.82 Å². The summed E-state index contributed by atoms with van der Waals surface area (Å²) in [7, 11) is -0.891. The number of rotatable bonds is 6. The third-order valence-electron chi connectivity index (χ3n) is 3.77. The zero-order chi connectivity index (χ0) is 20.2. The van der Waals surface area contributed by atoms with Gasteiger partial charge in [0.15, 0.2) is 0 Å². The number of carbonyl (C=O) groups excluding carboxylic acids is 1. The van der Waals surface area contributed by atoms with Crippen LogP contribution >= 0.6 is 0 Å². The van der Waals surface area contributed by atoms with Crippen LogP contribution in [0.5, 0.6) is 5.75 Å². The Kier molecular flexibility index (Phi) is 6.29. The number of halogens is 1. The lowest BCUT2D eigenvalue weighted by Crippen LogP contribution is -2.24. The number of aromatic hydroxyl groups is 1. The molecule has 2 N–H and O–H groups in total. The number of phenols is 1. The monoisotopic (exact) mass is 393 g/mol. The molecule has 0 aliphatic rings. The largest absolute Gasteiger partial charge is 0.507 e. The molecule has 144 valence electrons. The molecule has 2 aromatic rings. The molecule has 9 heteroatoms. The summed E-state index contributed by atoms with van der Waals surface area (Å²) in [5, 5.41) is 13.8. The molecule has 2 aromatic carbocycles. The van der Waals surface area contributed by atoms with Crippen LogP contribution in [0.2, 0.25) is 0 Å². The lowest BCUT2D eigenvalue weighted by atomic mass is 10.1. The Morgan fingerprint density at radius 3 is 2.56 bits per heavy atom. The van der Waals surface area contributed by atoms with Gasteiger partial charge in [-0.05, 0) is 42.8 Å². The number of nitrogens with one attached hydrogen (secondary N) is 1. The van der Waals surface area contributed by atoms with E-state index >= 15 is 0 Å². The SMILES string of the molecule is CC/C(=N\NC(=O)c1cccc(S(=O)(=O)N(C)C)c1)c1cc(F)ccc1O. The van der Waals surface area contributed by atoms with Gasteiger partial charge in [0.2, 0.25) is 10.0 Å². The highest BCUT2D eigenvalue weighted by Crippen LogP contribution is 2.20. The van der Waals surface area contributed by atoms with E-state index in [-0.39, 0.29) is 27.5 Å². The predicted octanol–water partition coefficient (Wildman–Crippen LogP) is 2.33. The topological polar surface area (TPSA) is 99.1 Å². The highest BCUT2D eigenvalue weighted by atomic mass is 32.2. The Bertz CT molecular complexity index is 988. The lowest BCUT2D eigenvalue weighted by Gasteiger charge is -2.12. The van der Waals surface area contributed by atoms with E-state index in [0.717, 1.165) is 16.4 Å². The maximum Gasteiger partial charge on any atom is 0.271 e. The summed E-state index contributed by atoms with van der Waals surface area (Å²) in [4.78, 5) is 12.3. The van der Waals surface area contributed by atoms with Crippen molar-refractivity contribution in [3.05, 3.63) is 59.4 Å². The number of hydrazone groups is 1. The minimum absolute atomic E-state index is 0.0254. The molecule has 7 nitrogen and oxygen atoms in total. The van der Waals surface area contributed by atoms with Crippen molar-refractivity contribution in [1.82, 2.24) is 9.73 Å². The van der Waals surface area contributed by atoms with Crippen molar-refractivity contribution in [2.45, 2.75) is 18.2 Å². The van der Waals surface area contributed by atoms with Crippen LogP contribution in [0.3, 0.4) is 0 Å². The minimum atomic E-state index is -3.68. The van der Waals surface area contributed by atoms with Crippen molar-refractivity contribution in [1.29, 1.82) is 0 Å². The summed E-state index contributed by atoms with van der Waals surface area (Å²) in [5.74, 6) is -1.34. The van der Waals surface area contributed by atoms with Gasteiger partial charge in [0.1, 0.15) is 11.6 Å². The first-order valence-electron chi connectivity index (χ1n) is 8.05.